The molecule has 51 heavy (non-hydrogen) atoms. The molecule has 2 nitrogen and oxygen atoms in total. The van der Waals surface area contributed by atoms with Gasteiger partial charge in [0.1, 0.15) is 11.2 Å². The third kappa shape index (κ3) is 4.29. The fourth-order valence-electron chi connectivity index (χ4n) is 8.15. The van der Waals surface area contributed by atoms with Gasteiger partial charge in [-0.15, -0.1) is 11.3 Å². The summed E-state index contributed by atoms with van der Waals surface area (Å²) in [7, 11) is 0. The third-order valence-electron chi connectivity index (χ3n) is 10.4. The van der Waals surface area contributed by atoms with Gasteiger partial charge in [0.15, 0.2) is 0 Å². The molecular formula is C48H29NOS. The lowest BCUT2D eigenvalue weighted by Crippen LogP contribution is -2.10. The maximum Gasteiger partial charge on any atom is 0.143 e. The van der Waals surface area contributed by atoms with Crippen LogP contribution < -0.4 is 4.90 Å². The van der Waals surface area contributed by atoms with Crippen molar-refractivity contribution in [3.8, 4) is 11.1 Å². The van der Waals surface area contributed by atoms with E-state index in [0.29, 0.717) is 0 Å². The first-order valence-corrected chi connectivity index (χ1v) is 18.2. The summed E-state index contributed by atoms with van der Waals surface area (Å²) in [5.41, 5.74) is 7.57. The van der Waals surface area contributed by atoms with E-state index in [-0.39, 0.29) is 0 Å². The van der Waals surface area contributed by atoms with Crippen molar-refractivity contribution >= 4 is 103 Å². The van der Waals surface area contributed by atoms with Crippen LogP contribution in [0.2, 0.25) is 0 Å². The minimum atomic E-state index is 0.880. The lowest BCUT2D eigenvalue weighted by molar-refractivity contribution is 0.672. The Hall–Kier alpha value is -6.42. The van der Waals surface area contributed by atoms with Crippen molar-refractivity contribution in [2.24, 2.45) is 0 Å². The summed E-state index contributed by atoms with van der Waals surface area (Å²) in [5.74, 6) is 0. The molecule has 0 aliphatic heterocycles. The lowest BCUT2D eigenvalue weighted by atomic mass is 9.93. The highest BCUT2D eigenvalue weighted by molar-refractivity contribution is 7.26. The Labute approximate surface area is 298 Å². The third-order valence-corrected chi connectivity index (χ3v) is 11.6. The molecule has 0 N–H and O–H groups in total. The molecule has 0 aliphatic rings. The topological polar surface area (TPSA) is 16.4 Å². The second kappa shape index (κ2) is 11.0. The summed E-state index contributed by atoms with van der Waals surface area (Å²) in [6.45, 7) is 0. The van der Waals surface area contributed by atoms with Crippen molar-refractivity contribution in [2.75, 3.05) is 4.90 Å². The average Bonchev–Trinajstić information content (AvgIpc) is 3.78. The Morgan fingerprint density at radius 2 is 1.06 bits per heavy atom. The van der Waals surface area contributed by atoms with Crippen LogP contribution in [-0.2, 0) is 0 Å². The van der Waals surface area contributed by atoms with Gasteiger partial charge in [-0.3, -0.25) is 0 Å². The fraction of sp³-hybridized carbons (Fsp3) is 0. The first kappa shape index (κ1) is 28.4. The summed E-state index contributed by atoms with van der Waals surface area (Å²) < 4.78 is 9.26. The van der Waals surface area contributed by atoms with Crippen LogP contribution in [-0.4, -0.2) is 0 Å². The summed E-state index contributed by atoms with van der Waals surface area (Å²) in [6, 6.07) is 63.8. The Bertz CT molecular complexity index is 3150. The molecule has 0 aliphatic carbocycles. The number of furan rings is 1. The zero-order valence-electron chi connectivity index (χ0n) is 27.5. The van der Waals surface area contributed by atoms with Crippen LogP contribution in [0.25, 0.3) is 85.6 Å². The molecule has 0 saturated heterocycles. The van der Waals surface area contributed by atoms with Crippen LogP contribution in [0.3, 0.4) is 0 Å². The second-order valence-corrected chi connectivity index (χ2v) is 14.3. The van der Waals surface area contributed by atoms with E-state index in [0.717, 1.165) is 44.4 Å². The number of hydrogen-bond donors (Lipinski definition) is 0. The van der Waals surface area contributed by atoms with Crippen molar-refractivity contribution in [2.45, 2.75) is 0 Å². The molecule has 0 atom stereocenters. The van der Waals surface area contributed by atoms with Gasteiger partial charge in [0.25, 0.3) is 0 Å². The largest absolute Gasteiger partial charge is 0.455 e. The number of fused-ring (bicyclic) bond motifs is 11. The maximum absolute atomic E-state index is 6.70. The molecule has 11 aromatic rings. The van der Waals surface area contributed by atoms with Crippen LogP contribution >= 0.6 is 11.3 Å². The molecular weight excluding hydrogens is 639 g/mol. The Morgan fingerprint density at radius 1 is 0.412 bits per heavy atom. The predicted octanol–water partition coefficient (Wildman–Crippen LogP) is 14.6. The summed E-state index contributed by atoms with van der Waals surface area (Å²) in [4.78, 5) is 2.44. The normalized spacial score (nSPS) is 11.9. The maximum atomic E-state index is 6.70. The van der Waals surface area contributed by atoms with E-state index in [2.05, 4.69) is 181 Å². The van der Waals surface area contributed by atoms with Crippen molar-refractivity contribution in [1.82, 2.24) is 0 Å². The molecule has 9 aromatic carbocycles. The van der Waals surface area contributed by atoms with Gasteiger partial charge >= 0.3 is 0 Å². The van der Waals surface area contributed by atoms with Crippen LogP contribution in [0.4, 0.5) is 17.1 Å². The summed E-state index contributed by atoms with van der Waals surface area (Å²) >= 11 is 1.85. The Balaban J connectivity index is 1.18. The van der Waals surface area contributed by atoms with E-state index < -0.39 is 0 Å². The molecule has 0 unspecified atom stereocenters. The number of nitrogens with zero attached hydrogens (tertiary/aromatic N) is 1. The second-order valence-electron chi connectivity index (χ2n) is 13.2. The van der Waals surface area contributed by atoms with Gasteiger partial charge in [-0.25, -0.2) is 0 Å². The summed E-state index contributed by atoms with van der Waals surface area (Å²) in [5, 5.41) is 12.1. The van der Waals surface area contributed by atoms with E-state index in [1.807, 2.05) is 11.3 Å². The molecule has 11 rings (SSSR count). The minimum Gasteiger partial charge on any atom is -0.455 e. The molecule has 2 heterocycles. The Morgan fingerprint density at radius 3 is 1.90 bits per heavy atom. The van der Waals surface area contributed by atoms with E-state index >= 15 is 0 Å². The smallest absolute Gasteiger partial charge is 0.143 e. The van der Waals surface area contributed by atoms with Crippen molar-refractivity contribution in [1.29, 1.82) is 0 Å². The number of thiophene rings is 1. The van der Waals surface area contributed by atoms with Crippen molar-refractivity contribution in [3.05, 3.63) is 176 Å². The van der Waals surface area contributed by atoms with Gasteiger partial charge in [0.2, 0.25) is 0 Å². The SMILES string of the molecule is c1ccc2c(c1)cc(-c1ccc(N(c3cccc4oc5c6ccccc6ccc5c34)c3cccc4sc5ccccc5c34)cc1)c1ccccc12. The monoisotopic (exact) mass is 667 g/mol. The number of rotatable bonds is 4. The first-order valence-electron chi connectivity index (χ1n) is 17.3. The van der Waals surface area contributed by atoms with Gasteiger partial charge in [-0.2, -0.15) is 0 Å². The zero-order chi connectivity index (χ0) is 33.5. The van der Waals surface area contributed by atoms with Crippen molar-refractivity contribution < 1.29 is 4.42 Å². The van der Waals surface area contributed by atoms with E-state index in [4.69, 9.17) is 4.42 Å². The number of anilines is 3. The lowest BCUT2D eigenvalue weighted by Gasteiger charge is -2.27. The van der Waals surface area contributed by atoms with Gasteiger partial charge in [0, 0.05) is 36.6 Å². The van der Waals surface area contributed by atoms with Gasteiger partial charge in [-0.1, -0.05) is 121 Å². The van der Waals surface area contributed by atoms with Crippen LogP contribution in [0.1, 0.15) is 0 Å². The van der Waals surface area contributed by atoms with Gasteiger partial charge in [0.05, 0.1) is 16.8 Å². The molecule has 0 bridgehead atoms. The summed E-state index contributed by atoms with van der Waals surface area (Å²) in [6.07, 6.45) is 0. The van der Waals surface area contributed by atoms with Crippen LogP contribution in [0.15, 0.2) is 180 Å². The number of benzene rings is 9. The highest BCUT2D eigenvalue weighted by atomic mass is 32.1. The standard InChI is InChI=1S/C48H29NOS/c1-4-14-35-30(11-1)25-28-39-46-41(18-9-20-43(46)50-48(35)39)49(42-19-10-22-45-47(42)38-17-7-8-21-44(38)51-45)33-26-23-31(24-27-33)40-29-32-12-2-3-13-34(32)36-15-5-6-16-37(36)40/h1-29H. The van der Waals surface area contributed by atoms with E-state index in [9.17, 15) is 0 Å². The van der Waals surface area contributed by atoms with Crippen molar-refractivity contribution in [3.63, 3.8) is 0 Å². The molecule has 0 saturated carbocycles. The van der Waals surface area contributed by atoms with E-state index in [1.54, 1.807) is 0 Å². The average molecular weight is 668 g/mol. The molecule has 0 radical (unpaired) electrons. The van der Waals surface area contributed by atoms with Gasteiger partial charge in [-0.05, 0) is 92.7 Å². The molecule has 0 fully saturated rings. The Kier molecular flexibility index (Phi) is 6.16. The predicted molar refractivity (Wildman–Crippen MR) is 219 cm³/mol. The quantitative estimate of drug-likeness (QED) is 0.174. The number of hydrogen-bond acceptors (Lipinski definition) is 3. The molecule has 0 spiro atoms. The highest BCUT2D eigenvalue weighted by Crippen LogP contribution is 2.49. The van der Waals surface area contributed by atoms with Crippen LogP contribution in [0, 0.1) is 0 Å². The molecule has 0 amide bonds. The van der Waals surface area contributed by atoms with E-state index in [1.165, 1.54) is 58.2 Å². The highest BCUT2D eigenvalue weighted by Gasteiger charge is 2.23. The fourth-order valence-corrected chi connectivity index (χ4v) is 9.28. The zero-order valence-corrected chi connectivity index (χ0v) is 28.3. The first-order chi connectivity index (χ1) is 25.3. The molecule has 2 aromatic heterocycles. The minimum absolute atomic E-state index is 0.880. The molecule has 3 heteroatoms. The van der Waals surface area contributed by atoms with Gasteiger partial charge < -0.3 is 9.32 Å². The molecule has 238 valence electrons. The van der Waals surface area contributed by atoms with Crippen LogP contribution in [0.5, 0.6) is 0 Å².